The van der Waals surface area contributed by atoms with E-state index < -0.39 is 17.3 Å². The Morgan fingerprint density at radius 2 is 1.57 bits per heavy atom. The molecule has 4 nitrogen and oxygen atoms in total. The Morgan fingerprint density at radius 1 is 0.967 bits per heavy atom. The third-order valence-electron chi connectivity index (χ3n) is 4.90. The van der Waals surface area contributed by atoms with Crippen molar-refractivity contribution in [2.24, 2.45) is 0 Å². The summed E-state index contributed by atoms with van der Waals surface area (Å²) in [6.07, 6.45) is 0.0599. The molecule has 0 bridgehead atoms. The number of carbonyl (C=O) groups excluding carboxylic acids is 1. The maximum atomic E-state index is 13.1. The fraction of sp³-hybridized carbons (Fsp3) is 0.682. The Hall–Kier alpha value is -1.28. The average Bonchev–Trinajstić information content (AvgIpc) is 2.64. The molecule has 1 amide bonds. The summed E-state index contributed by atoms with van der Waals surface area (Å²) in [4.78, 5) is 16.4. The molecule has 1 aliphatic heterocycles. The Bertz CT molecular complexity index is 705. The molecule has 0 N–H and O–H groups in total. The van der Waals surface area contributed by atoms with Gasteiger partial charge in [-0.25, -0.2) is 4.79 Å². The first-order valence-corrected chi connectivity index (χ1v) is 11.3. The van der Waals surface area contributed by atoms with Gasteiger partial charge in [0.25, 0.3) is 0 Å². The summed E-state index contributed by atoms with van der Waals surface area (Å²) in [6, 6.07) is 4.07. The molecule has 0 spiro atoms. The third kappa shape index (κ3) is 8.84. The number of hydrogen-bond acceptors (Lipinski definition) is 3. The van der Waals surface area contributed by atoms with Crippen LogP contribution in [-0.4, -0.2) is 47.7 Å². The number of amides is 1. The lowest BCUT2D eigenvalue weighted by molar-refractivity contribution is -0.137. The lowest BCUT2D eigenvalue weighted by Crippen LogP contribution is -2.39. The summed E-state index contributed by atoms with van der Waals surface area (Å²) in [5, 5.41) is 0. The normalized spacial score (nSPS) is 18.0. The standard InChI is InChI=1S/C22H32BrF3N2O2/c1-21(2,3)30-20(29)28-11-7-5-4-6-9-27(10-8-12-28)16-17-13-18(22(24,25)26)15-19(23)14-17/h13-15H,4-12,16H2,1-3H3. The van der Waals surface area contributed by atoms with Gasteiger partial charge in [-0.15, -0.1) is 0 Å². The van der Waals surface area contributed by atoms with Crippen LogP contribution in [0.3, 0.4) is 0 Å². The van der Waals surface area contributed by atoms with Crippen LogP contribution in [0.4, 0.5) is 18.0 Å². The third-order valence-corrected chi connectivity index (χ3v) is 5.36. The lowest BCUT2D eigenvalue weighted by atomic mass is 10.1. The minimum Gasteiger partial charge on any atom is -0.444 e. The summed E-state index contributed by atoms with van der Waals surface area (Å²) in [5.41, 5.74) is -0.539. The molecule has 1 saturated heterocycles. The highest BCUT2D eigenvalue weighted by Gasteiger charge is 2.31. The smallest absolute Gasteiger partial charge is 0.416 e. The highest BCUT2D eigenvalue weighted by molar-refractivity contribution is 9.10. The molecule has 1 aromatic carbocycles. The van der Waals surface area contributed by atoms with Crippen LogP contribution in [0, 0.1) is 0 Å². The van der Waals surface area contributed by atoms with Crippen molar-refractivity contribution in [3.8, 4) is 0 Å². The van der Waals surface area contributed by atoms with Crippen molar-refractivity contribution in [1.82, 2.24) is 9.80 Å². The van der Waals surface area contributed by atoms with Gasteiger partial charge in [0, 0.05) is 30.7 Å². The second-order valence-corrected chi connectivity index (χ2v) is 9.77. The largest absolute Gasteiger partial charge is 0.444 e. The summed E-state index contributed by atoms with van der Waals surface area (Å²) >= 11 is 3.20. The zero-order valence-corrected chi connectivity index (χ0v) is 19.6. The van der Waals surface area contributed by atoms with Crippen molar-refractivity contribution < 1.29 is 22.7 Å². The van der Waals surface area contributed by atoms with E-state index in [1.807, 2.05) is 20.8 Å². The SMILES string of the molecule is CC(C)(C)OC(=O)N1CCCCCCN(Cc2cc(Br)cc(C(F)(F)F)c2)CCC1. The number of alkyl halides is 3. The topological polar surface area (TPSA) is 32.8 Å². The minimum atomic E-state index is -4.37. The van der Waals surface area contributed by atoms with E-state index in [-0.39, 0.29) is 6.09 Å². The molecule has 170 valence electrons. The number of ether oxygens (including phenoxy) is 1. The van der Waals surface area contributed by atoms with Crippen LogP contribution in [0.5, 0.6) is 0 Å². The van der Waals surface area contributed by atoms with Gasteiger partial charge in [-0.2, -0.15) is 13.2 Å². The van der Waals surface area contributed by atoms with Crippen molar-refractivity contribution in [1.29, 1.82) is 0 Å². The molecule has 0 aromatic heterocycles. The maximum Gasteiger partial charge on any atom is 0.416 e. The van der Waals surface area contributed by atoms with E-state index >= 15 is 0 Å². The maximum absolute atomic E-state index is 13.1. The van der Waals surface area contributed by atoms with Gasteiger partial charge >= 0.3 is 12.3 Å². The molecular formula is C22H32BrF3N2O2. The van der Waals surface area contributed by atoms with Gasteiger partial charge in [0.05, 0.1) is 5.56 Å². The lowest BCUT2D eigenvalue weighted by Gasteiger charge is -2.28. The molecule has 1 heterocycles. The Kier molecular flexibility index (Phi) is 9.03. The molecule has 0 radical (unpaired) electrons. The van der Waals surface area contributed by atoms with Crippen molar-refractivity contribution in [3.63, 3.8) is 0 Å². The van der Waals surface area contributed by atoms with Crippen molar-refractivity contribution >= 4 is 22.0 Å². The summed E-state index contributed by atoms with van der Waals surface area (Å²) in [5.74, 6) is 0. The van der Waals surface area contributed by atoms with Crippen LogP contribution in [0.15, 0.2) is 22.7 Å². The monoisotopic (exact) mass is 492 g/mol. The molecule has 1 fully saturated rings. The number of halogens is 4. The first-order valence-electron chi connectivity index (χ1n) is 10.5. The molecule has 30 heavy (non-hydrogen) atoms. The van der Waals surface area contributed by atoms with E-state index in [1.54, 1.807) is 11.0 Å². The quantitative estimate of drug-likeness (QED) is 0.474. The number of benzene rings is 1. The molecule has 1 aliphatic rings. The number of hydrogen-bond donors (Lipinski definition) is 0. The van der Waals surface area contributed by atoms with Gasteiger partial charge < -0.3 is 9.64 Å². The predicted molar refractivity (Wildman–Crippen MR) is 115 cm³/mol. The van der Waals surface area contributed by atoms with Gasteiger partial charge in [-0.3, -0.25) is 4.90 Å². The molecule has 0 aliphatic carbocycles. The molecule has 0 unspecified atom stereocenters. The van der Waals surface area contributed by atoms with Crippen LogP contribution in [0.25, 0.3) is 0 Å². The molecule has 2 rings (SSSR count). The summed E-state index contributed by atoms with van der Waals surface area (Å²) in [7, 11) is 0. The van der Waals surface area contributed by atoms with E-state index in [0.717, 1.165) is 44.7 Å². The highest BCUT2D eigenvalue weighted by Crippen LogP contribution is 2.32. The number of carbonyl (C=O) groups is 1. The number of rotatable bonds is 2. The van der Waals surface area contributed by atoms with Gasteiger partial charge in [0.1, 0.15) is 5.60 Å². The average molecular weight is 493 g/mol. The highest BCUT2D eigenvalue weighted by atomic mass is 79.9. The first kappa shape index (κ1) is 25.0. The Balaban J connectivity index is 2.04. The van der Waals surface area contributed by atoms with Crippen molar-refractivity contribution in [3.05, 3.63) is 33.8 Å². The van der Waals surface area contributed by atoms with Crippen LogP contribution < -0.4 is 0 Å². The second kappa shape index (κ2) is 10.8. The van der Waals surface area contributed by atoms with E-state index in [2.05, 4.69) is 20.8 Å². The molecule has 1 aromatic rings. The van der Waals surface area contributed by atoms with Gasteiger partial charge in [-0.1, -0.05) is 28.8 Å². The van der Waals surface area contributed by atoms with Gasteiger partial charge in [0.15, 0.2) is 0 Å². The fourth-order valence-corrected chi connectivity index (χ4v) is 4.07. The minimum absolute atomic E-state index is 0.296. The molecular weight excluding hydrogens is 461 g/mol. The first-order chi connectivity index (χ1) is 13.9. The fourth-order valence-electron chi connectivity index (χ4n) is 3.53. The molecule has 0 atom stereocenters. The zero-order valence-electron chi connectivity index (χ0n) is 18.0. The van der Waals surface area contributed by atoms with Crippen LogP contribution in [0.2, 0.25) is 0 Å². The predicted octanol–water partition coefficient (Wildman–Crippen LogP) is 6.47. The van der Waals surface area contributed by atoms with Crippen LogP contribution in [0.1, 0.15) is 64.0 Å². The van der Waals surface area contributed by atoms with E-state index in [0.29, 0.717) is 36.2 Å². The van der Waals surface area contributed by atoms with Crippen LogP contribution >= 0.6 is 15.9 Å². The van der Waals surface area contributed by atoms with Crippen molar-refractivity contribution in [2.45, 2.75) is 71.2 Å². The second-order valence-electron chi connectivity index (χ2n) is 8.86. The Morgan fingerprint density at radius 3 is 2.20 bits per heavy atom. The summed E-state index contributed by atoms with van der Waals surface area (Å²) < 4.78 is 45.4. The number of nitrogens with zero attached hydrogens (tertiary/aromatic N) is 2. The van der Waals surface area contributed by atoms with Crippen molar-refractivity contribution in [2.75, 3.05) is 26.2 Å². The van der Waals surface area contributed by atoms with Crippen LogP contribution in [-0.2, 0) is 17.5 Å². The van der Waals surface area contributed by atoms with E-state index in [1.165, 1.54) is 6.07 Å². The van der Waals surface area contributed by atoms with Gasteiger partial charge in [-0.05, 0) is 70.3 Å². The molecule has 8 heteroatoms. The molecule has 0 saturated carbocycles. The summed E-state index contributed by atoms with van der Waals surface area (Å²) in [6.45, 7) is 8.82. The Labute approximate surface area is 185 Å². The van der Waals surface area contributed by atoms with E-state index in [9.17, 15) is 18.0 Å². The van der Waals surface area contributed by atoms with E-state index in [4.69, 9.17) is 4.74 Å². The zero-order chi connectivity index (χ0) is 22.4. The van der Waals surface area contributed by atoms with Gasteiger partial charge in [0.2, 0.25) is 0 Å².